The average Bonchev–Trinajstić information content (AvgIpc) is 2.94. The summed E-state index contributed by atoms with van der Waals surface area (Å²) in [7, 11) is 0. The van der Waals surface area contributed by atoms with Crippen LogP contribution >= 0.6 is 0 Å². The minimum Gasteiger partial charge on any atom is -0.365 e. The third-order valence-electron chi connectivity index (χ3n) is 5.04. The number of aryl methyl sites for hydroxylation is 2. The van der Waals surface area contributed by atoms with Gasteiger partial charge in [-0.15, -0.1) is 0 Å². The van der Waals surface area contributed by atoms with Gasteiger partial charge in [0.05, 0.1) is 24.5 Å². The van der Waals surface area contributed by atoms with Crippen molar-refractivity contribution in [1.29, 1.82) is 0 Å². The maximum atomic E-state index is 15.1. The summed E-state index contributed by atoms with van der Waals surface area (Å²) in [6, 6.07) is 1.52. The fourth-order valence-electron chi connectivity index (χ4n) is 3.54. The Balaban J connectivity index is 2.00. The molecule has 1 saturated heterocycles. The monoisotopic (exact) mass is 360 g/mol. The number of carbonyl (C=O) groups excluding carboxylic acids is 1. The van der Waals surface area contributed by atoms with Crippen LogP contribution in [0, 0.1) is 19.7 Å². The lowest BCUT2D eigenvalue weighted by Gasteiger charge is -2.36. The van der Waals surface area contributed by atoms with Gasteiger partial charge in [-0.3, -0.25) is 4.79 Å². The maximum absolute atomic E-state index is 15.1. The summed E-state index contributed by atoms with van der Waals surface area (Å²) in [6.45, 7) is 10.1. The molecule has 0 radical (unpaired) electrons. The Morgan fingerprint density at radius 2 is 2.08 bits per heavy atom. The van der Waals surface area contributed by atoms with Gasteiger partial charge in [-0.1, -0.05) is 6.58 Å². The first kappa shape index (κ1) is 18.4. The zero-order valence-corrected chi connectivity index (χ0v) is 15.3. The van der Waals surface area contributed by atoms with Crippen LogP contribution in [0.25, 0.3) is 10.9 Å². The number of halogens is 1. The van der Waals surface area contributed by atoms with Crippen molar-refractivity contribution in [2.75, 3.05) is 37.8 Å². The van der Waals surface area contributed by atoms with Gasteiger partial charge in [0.15, 0.2) is 0 Å². The summed E-state index contributed by atoms with van der Waals surface area (Å²) in [4.78, 5) is 18.9. The Hall–Kier alpha value is -2.38. The van der Waals surface area contributed by atoms with Gasteiger partial charge >= 0.3 is 0 Å². The number of piperazine rings is 1. The molecule has 7 heteroatoms. The molecule has 0 atom stereocenters. The molecule has 3 N–H and O–H groups in total. The number of anilines is 1. The lowest BCUT2D eigenvalue weighted by molar-refractivity contribution is -0.126. The number of amides is 1. The highest BCUT2D eigenvalue weighted by Crippen LogP contribution is 2.37. The number of benzene rings is 1. The molecule has 2 heterocycles. The number of nitrogens with zero attached hydrogens (tertiary/aromatic N) is 2. The summed E-state index contributed by atoms with van der Waals surface area (Å²) >= 11 is 0. The van der Waals surface area contributed by atoms with Crippen LogP contribution in [0.4, 0.5) is 10.1 Å². The number of H-pyrrole nitrogens is 1. The number of nitrogens with two attached hydrogens (primary N) is 1. The van der Waals surface area contributed by atoms with Crippen molar-refractivity contribution in [3.05, 3.63) is 41.4 Å². The number of aromatic amines is 1. The van der Waals surface area contributed by atoms with Crippen molar-refractivity contribution >= 4 is 22.5 Å². The van der Waals surface area contributed by atoms with Crippen LogP contribution in [0.1, 0.15) is 16.8 Å². The number of rotatable bonds is 5. The first-order chi connectivity index (χ1) is 12.5. The molecular weight excluding hydrogens is 335 g/mol. The fraction of sp³-hybridized carbons (Fsp3) is 0.421. The fourth-order valence-corrected chi connectivity index (χ4v) is 3.54. The standard InChI is InChI=1S/C19H25FN4O2/c1-4-16(25)23-5-7-24(8-6-23)19-15(20)9-14(10-26-11-21)18-17(19)12(2)13(3)22-18/h4,9,22H,1,5-8,10-11,21H2,2-3H3. The first-order valence-electron chi connectivity index (χ1n) is 8.72. The quantitative estimate of drug-likeness (QED) is 0.633. The highest BCUT2D eigenvalue weighted by Gasteiger charge is 2.26. The number of hydrogen-bond acceptors (Lipinski definition) is 4. The number of hydrogen-bond donors (Lipinski definition) is 2. The van der Waals surface area contributed by atoms with E-state index >= 15 is 4.39 Å². The molecule has 1 fully saturated rings. The molecule has 26 heavy (non-hydrogen) atoms. The maximum Gasteiger partial charge on any atom is 0.246 e. The van der Waals surface area contributed by atoms with E-state index in [1.165, 1.54) is 12.1 Å². The molecule has 0 saturated carbocycles. The molecule has 0 unspecified atom stereocenters. The van der Waals surface area contributed by atoms with Gasteiger partial charge < -0.3 is 25.3 Å². The lowest BCUT2D eigenvalue weighted by Crippen LogP contribution is -2.48. The van der Waals surface area contributed by atoms with Gasteiger partial charge in [0.1, 0.15) is 5.82 Å². The average molecular weight is 360 g/mol. The number of nitrogens with one attached hydrogen (secondary N) is 1. The molecule has 1 aromatic carbocycles. The minimum absolute atomic E-state index is 0.0850. The van der Waals surface area contributed by atoms with E-state index in [1.807, 2.05) is 18.7 Å². The summed E-state index contributed by atoms with van der Waals surface area (Å²) in [5, 5.41) is 0.876. The van der Waals surface area contributed by atoms with Crippen molar-refractivity contribution < 1.29 is 13.9 Å². The predicted octanol–water partition coefficient (Wildman–Crippen LogP) is 2.19. The predicted molar refractivity (Wildman–Crippen MR) is 101 cm³/mol. The molecular formula is C19H25FN4O2. The van der Waals surface area contributed by atoms with E-state index in [0.29, 0.717) is 31.9 Å². The van der Waals surface area contributed by atoms with Crippen molar-refractivity contribution in [2.24, 2.45) is 5.73 Å². The molecule has 1 amide bonds. The van der Waals surface area contributed by atoms with Crippen LogP contribution in [0.3, 0.4) is 0 Å². The Morgan fingerprint density at radius 1 is 1.38 bits per heavy atom. The van der Waals surface area contributed by atoms with Crippen molar-refractivity contribution in [3.8, 4) is 0 Å². The van der Waals surface area contributed by atoms with Gasteiger partial charge in [0, 0.05) is 42.8 Å². The Morgan fingerprint density at radius 3 is 2.69 bits per heavy atom. The molecule has 2 aromatic rings. The topological polar surface area (TPSA) is 74.6 Å². The first-order valence-corrected chi connectivity index (χ1v) is 8.72. The van der Waals surface area contributed by atoms with E-state index in [1.54, 1.807) is 4.90 Å². The van der Waals surface area contributed by atoms with E-state index in [-0.39, 0.29) is 25.1 Å². The van der Waals surface area contributed by atoms with Crippen LogP contribution in [-0.4, -0.2) is 48.7 Å². The van der Waals surface area contributed by atoms with Crippen molar-refractivity contribution in [2.45, 2.75) is 20.5 Å². The minimum atomic E-state index is -0.279. The van der Waals surface area contributed by atoms with Crippen molar-refractivity contribution in [1.82, 2.24) is 9.88 Å². The SMILES string of the molecule is C=CC(=O)N1CCN(c2c(F)cc(COCN)c3[nH]c(C)c(C)c23)CC1. The normalized spacial score (nSPS) is 14.9. The lowest BCUT2D eigenvalue weighted by atomic mass is 10.0. The molecule has 1 aliphatic rings. The molecule has 3 rings (SSSR count). The zero-order chi connectivity index (χ0) is 18.8. The molecule has 1 aromatic heterocycles. The summed E-state index contributed by atoms with van der Waals surface area (Å²) < 4.78 is 20.4. The molecule has 0 spiro atoms. The van der Waals surface area contributed by atoms with E-state index < -0.39 is 0 Å². The second-order valence-corrected chi connectivity index (χ2v) is 6.52. The van der Waals surface area contributed by atoms with Gasteiger partial charge in [0.2, 0.25) is 5.91 Å². The van der Waals surface area contributed by atoms with Crippen LogP contribution in [0.2, 0.25) is 0 Å². The van der Waals surface area contributed by atoms with E-state index in [4.69, 9.17) is 10.5 Å². The Labute approximate surface area is 152 Å². The van der Waals surface area contributed by atoms with Gasteiger partial charge in [-0.2, -0.15) is 0 Å². The third-order valence-corrected chi connectivity index (χ3v) is 5.04. The molecule has 6 nitrogen and oxygen atoms in total. The van der Waals surface area contributed by atoms with Gasteiger partial charge in [0.25, 0.3) is 0 Å². The third kappa shape index (κ3) is 3.20. The summed E-state index contributed by atoms with van der Waals surface area (Å²) in [6.07, 6.45) is 1.32. The Bertz CT molecular complexity index is 838. The number of ether oxygens (including phenoxy) is 1. The highest BCUT2D eigenvalue weighted by molar-refractivity contribution is 5.98. The molecule has 0 aliphatic carbocycles. The van der Waals surface area contributed by atoms with Crippen molar-refractivity contribution in [3.63, 3.8) is 0 Å². The van der Waals surface area contributed by atoms with Gasteiger partial charge in [-0.25, -0.2) is 4.39 Å². The number of carbonyl (C=O) groups is 1. The van der Waals surface area contributed by atoms with Crippen LogP contribution in [-0.2, 0) is 16.1 Å². The molecule has 1 aliphatic heterocycles. The second kappa shape index (κ2) is 7.47. The van der Waals surface area contributed by atoms with E-state index in [9.17, 15) is 4.79 Å². The molecule has 140 valence electrons. The number of aromatic nitrogens is 1. The van der Waals surface area contributed by atoms with Crippen LogP contribution in [0.15, 0.2) is 18.7 Å². The molecule has 0 bridgehead atoms. The second-order valence-electron chi connectivity index (χ2n) is 6.52. The highest BCUT2D eigenvalue weighted by atomic mass is 19.1. The summed E-state index contributed by atoms with van der Waals surface area (Å²) in [5.74, 6) is -0.364. The Kier molecular flexibility index (Phi) is 5.29. The van der Waals surface area contributed by atoms with E-state index in [0.717, 1.165) is 27.7 Å². The summed E-state index contributed by atoms with van der Waals surface area (Å²) in [5.41, 5.74) is 9.66. The van der Waals surface area contributed by atoms with Crippen LogP contribution < -0.4 is 10.6 Å². The number of fused-ring (bicyclic) bond motifs is 1. The largest absolute Gasteiger partial charge is 0.365 e. The van der Waals surface area contributed by atoms with Gasteiger partial charge in [-0.05, 0) is 31.6 Å². The van der Waals surface area contributed by atoms with E-state index in [2.05, 4.69) is 11.6 Å². The smallest absolute Gasteiger partial charge is 0.246 e. The van der Waals surface area contributed by atoms with Crippen LogP contribution in [0.5, 0.6) is 0 Å². The zero-order valence-electron chi connectivity index (χ0n) is 15.3.